The Balaban J connectivity index is 2.55. The van der Waals surface area contributed by atoms with Crippen LogP contribution in [0.3, 0.4) is 0 Å². The molecule has 0 unspecified atom stereocenters. The Kier molecular flexibility index (Phi) is 2.38. The van der Waals surface area contributed by atoms with Crippen LogP contribution in [0.25, 0.3) is 11.3 Å². The zero-order chi connectivity index (χ0) is 10.7. The highest BCUT2D eigenvalue weighted by Gasteiger charge is 2.04. The molecule has 0 radical (unpaired) electrons. The van der Waals surface area contributed by atoms with Gasteiger partial charge < -0.3 is 0 Å². The third kappa shape index (κ3) is 1.81. The third-order valence-electron chi connectivity index (χ3n) is 2.05. The standard InChI is InChI=1S/C11H8N4/c1-8-3-2-4-13-11(8)9-5-10(6-12)15-14-7-9/h2-5,7H,1H3. The molecule has 0 bridgehead atoms. The molecule has 0 spiro atoms. The van der Waals surface area contributed by atoms with Gasteiger partial charge in [0.15, 0.2) is 5.69 Å². The molecule has 4 heteroatoms. The highest BCUT2D eigenvalue weighted by Crippen LogP contribution is 2.19. The highest BCUT2D eigenvalue weighted by molar-refractivity contribution is 5.62. The summed E-state index contributed by atoms with van der Waals surface area (Å²) in [4.78, 5) is 4.25. The number of hydrogen-bond acceptors (Lipinski definition) is 4. The Morgan fingerprint density at radius 3 is 3.00 bits per heavy atom. The van der Waals surface area contributed by atoms with Crippen LogP contribution in [0.4, 0.5) is 0 Å². The van der Waals surface area contributed by atoms with Crippen LogP contribution in [0.15, 0.2) is 30.6 Å². The first-order valence-electron chi connectivity index (χ1n) is 4.46. The van der Waals surface area contributed by atoms with Crippen LogP contribution >= 0.6 is 0 Å². The molecule has 0 aliphatic carbocycles. The Labute approximate surface area is 87.2 Å². The SMILES string of the molecule is Cc1cccnc1-c1cnnc(C#N)c1. The van der Waals surface area contributed by atoms with Gasteiger partial charge in [-0.15, -0.1) is 5.10 Å². The van der Waals surface area contributed by atoms with Crippen LogP contribution in [0.1, 0.15) is 11.3 Å². The first-order chi connectivity index (χ1) is 7.31. The molecule has 0 aromatic carbocycles. The van der Waals surface area contributed by atoms with Crippen molar-refractivity contribution in [3.05, 3.63) is 41.9 Å². The fourth-order valence-corrected chi connectivity index (χ4v) is 1.34. The van der Waals surface area contributed by atoms with Gasteiger partial charge in [-0.2, -0.15) is 10.4 Å². The van der Waals surface area contributed by atoms with E-state index in [1.807, 2.05) is 25.1 Å². The maximum absolute atomic E-state index is 8.71. The summed E-state index contributed by atoms with van der Waals surface area (Å²) in [6.07, 6.45) is 3.32. The fraction of sp³-hybridized carbons (Fsp3) is 0.0909. The molecule has 0 N–H and O–H groups in total. The lowest BCUT2D eigenvalue weighted by atomic mass is 10.1. The summed E-state index contributed by atoms with van der Waals surface area (Å²) in [6, 6.07) is 7.48. The van der Waals surface area contributed by atoms with Crippen LogP contribution in [-0.4, -0.2) is 15.2 Å². The molecule has 0 amide bonds. The van der Waals surface area contributed by atoms with E-state index in [4.69, 9.17) is 5.26 Å². The quantitative estimate of drug-likeness (QED) is 0.696. The normalized spacial score (nSPS) is 9.60. The van der Waals surface area contributed by atoms with E-state index in [1.165, 1.54) is 0 Å². The largest absolute Gasteiger partial charge is 0.256 e. The van der Waals surface area contributed by atoms with Crippen LogP contribution in [0.2, 0.25) is 0 Å². The summed E-state index contributed by atoms with van der Waals surface area (Å²) in [5.41, 5.74) is 3.01. The van der Waals surface area contributed by atoms with Crippen LogP contribution in [0, 0.1) is 18.3 Å². The van der Waals surface area contributed by atoms with Crippen LogP contribution in [0.5, 0.6) is 0 Å². The van der Waals surface area contributed by atoms with Crippen molar-refractivity contribution in [1.82, 2.24) is 15.2 Å². The maximum Gasteiger partial charge on any atom is 0.163 e. The number of nitriles is 1. The maximum atomic E-state index is 8.71. The summed E-state index contributed by atoms with van der Waals surface area (Å²) >= 11 is 0. The molecule has 0 aliphatic rings. The molecule has 0 saturated carbocycles. The number of pyridine rings is 1. The Bertz CT molecular complexity index is 528. The van der Waals surface area contributed by atoms with Crippen molar-refractivity contribution in [3.8, 4) is 17.3 Å². The molecular weight excluding hydrogens is 188 g/mol. The fourth-order valence-electron chi connectivity index (χ4n) is 1.34. The second-order valence-electron chi connectivity index (χ2n) is 3.11. The van der Waals surface area contributed by atoms with Crippen molar-refractivity contribution < 1.29 is 0 Å². The molecule has 4 nitrogen and oxygen atoms in total. The lowest BCUT2D eigenvalue weighted by Gasteiger charge is -2.02. The predicted molar refractivity (Wildman–Crippen MR) is 54.7 cm³/mol. The number of aromatic nitrogens is 3. The molecular formula is C11H8N4. The van der Waals surface area contributed by atoms with Gasteiger partial charge in [0.1, 0.15) is 6.07 Å². The minimum atomic E-state index is 0.303. The first-order valence-corrected chi connectivity index (χ1v) is 4.46. The lowest BCUT2D eigenvalue weighted by molar-refractivity contribution is 1.01. The van der Waals surface area contributed by atoms with E-state index in [0.717, 1.165) is 16.8 Å². The third-order valence-corrected chi connectivity index (χ3v) is 2.05. The van der Waals surface area contributed by atoms with Gasteiger partial charge in [-0.25, -0.2) is 0 Å². The minimum absolute atomic E-state index is 0.303. The monoisotopic (exact) mass is 196 g/mol. The van der Waals surface area contributed by atoms with Gasteiger partial charge in [0.25, 0.3) is 0 Å². The second-order valence-corrected chi connectivity index (χ2v) is 3.11. The predicted octanol–water partition coefficient (Wildman–Crippen LogP) is 1.72. The van der Waals surface area contributed by atoms with Crippen LogP contribution in [-0.2, 0) is 0 Å². The number of aryl methyl sites for hydroxylation is 1. The molecule has 2 aromatic heterocycles. The van der Waals surface area contributed by atoms with Crippen molar-refractivity contribution in [1.29, 1.82) is 5.26 Å². The molecule has 72 valence electrons. The molecule has 0 atom stereocenters. The Morgan fingerprint density at radius 1 is 1.40 bits per heavy atom. The minimum Gasteiger partial charge on any atom is -0.256 e. The van der Waals surface area contributed by atoms with Gasteiger partial charge in [0.05, 0.1) is 11.9 Å². The van der Waals surface area contributed by atoms with Gasteiger partial charge >= 0.3 is 0 Å². The van der Waals surface area contributed by atoms with Crippen molar-refractivity contribution in [2.75, 3.05) is 0 Å². The number of nitrogens with zero attached hydrogens (tertiary/aromatic N) is 4. The smallest absolute Gasteiger partial charge is 0.163 e. The zero-order valence-corrected chi connectivity index (χ0v) is 8.18. The second kappa shape index (κ2) is 3.84. The molecule has 0 saturated heterocycles. The molecule has 15 heavy (non-hydrogen) atoms. The highest BCUT2D eigenvalue weighted by atomic mass is 15.1. The summed E-state index contributed by atoms with van der Waals surface area (Å²) in [5.74, 6) is 0. The van der Waals surface area contributed by atoms with Crippen molar-refractivity contribution in [2.45, 2.75) is 6.92 Å². The van der Waals surface area contributed by atoms with Crippen molar-refractivity contribution >= 4 is 0 Å². The number of hydrogen-bond donors (Lipinski definition) is 0. The molecule has 0 aliphatic heterocycles. The Morgan fingerprint density at radius 2 is 2.27 bits per heavy atom. The lowest BCUT2D eigenvalue weighted by Crippen LogP contribution is -1.92. The van der Waals surface area contributed by atoms with E-state index >= 15 is 0 Å². The molecule has 0 fully saturated rings. The summed E-state index contributed by atoms with van der Waals surface area (Å²) < 4.78 is 0. The summed E-state index contributed by atoms with van der Waals surface area (Å²) in [5, 5.41) is 16.1. The number of rotatable bonds is 1. The van der Waals surface area contributed by atoms with E-state index in [2.05, 4.69) is 15.2 Å². The summed E-state index contributed by atoms with van der Waals surface area (Å²) in [6.45, 7) is 1.97. The molecule has 2 rings (SSSR count). The van der Waals surface area contributed by atoms with Crippen LogP contribution < -0.4 is 0 Å². The van der Waals surface area contributed by atoms with Gasteiger partial charge in [-0.1, -0.05) is 6.07 Å². The molecule has 2 heterocycles. The zero-order valence-electron chi connectivity index (χ0n) is 8.18. The van der Waals surface area contributed by atoms with E-state index < -0.39 is 0 Å². The first kappa shape index (κ1) is 9.28. The van der Waals surface area contributed by atoms with E-state index in [1.54, 1.807) is 18.5 Å². The summed E-state index contributed by atoms with van der Waals surface area (Å²) in [7, 11) is 0. The van der Waals surface area contributed by atoms with E-state index in [9.17, 15) is 0 Å². The average Bonchev–Trinajstić information content (AvgIpc) is 2.30. The van der Waals surface area contributed by atoms with Gasteiger partial charge in [-0.05, 0) is 24.6 Å². The van der Waals surface area contributed by atoms with Crippen molar-refractivity contribution in [3.63, 3.8) is 0 Å². The topological polar surface area (TPSA) is 62.5 Å². The Hall–Kier alpha value is -2.28. The van der Waals surface area contributed by atoms with Gasteiger partial charge in [0, 0.05) is 11.8 Å². The van der Waals surface area contributed by atoms with Gasteiger partial charge in [-0.3, -0.25) is 4.98 Å². The van der Waals surface area contributed by atoms with Crippen molar-refractivity contribution in [2.24, 2.45) is 0 Å². The average molecular weight is 196 g/mol. The van der Waals surface area contributed by atoms with Gasteiger partial charge in [0.2, 0.25) is 0 Å². The van der Waals surface area contributed by atoms with E-state index in [0.29, 0.717) is 5.69 Å². The van der Waals surface area contributed by atoms with E-state index in [-0.39, 0.29) is 0 Å². The molecule has 2 aromatic rings.